The van der Waals surface area contributed by atoms with E-state index in [0.717, 1.165) is 0 Å². The minimum absolute atomic E-state index is 0.394. The van der Waals surface area contributed by atoms with Gasteiger partial charge in [-0.25, -0.2) is 0 Å². The Hall–Kier alpha value is -0.350. The summed E-state index contributed by atoms with van der Waals surface area (Å²) in [6, 6.07) is 0. The summed E-state index contributed by atoms with van der Waals surface area (Å²) < 4.78 is 5.11. The normalized spacial score (nSPS) is 15.2. The van der Waals surface area contributed by atoms with Crippen molar-refractivity contribution in [2.45, 2.75) is 19.1 Å². The van der Waals surface area contributed by atoms with E-state index in [4.69, 9.17) is 27.9 Å². The summed E-state index contributed by atoms with van der Waals surface area (Å²) in [4.78, 5) is 3.82. The highest BCUT2D eigenvalue weighted by atomic mass is 35.5. The Morgan fingerprint density at radius 3 is 2.21 bits per heavy atom. The Bertz CT molecular complexity index is 297. The van der Waals surface area contributed by atoms with E-state index < -0.39 is 12.2 Å². The molecule has 0 aromatic carbocycles. The molecular weight excluding hydrogens is 225 g/mol. The van der Waals surface area contributed by atoms with Crippen LogP contribution < -0.4 is 0 Å². The molecule has 1 N–H and O–H groups in total. The second-order valence-electron chi connectivity index (χ2n) is 2.91. The molecule has 5 heteroatoms. The molecule has 0 saturated carbocycles. The van der Waals surface area contributed by atoms with Crippen molar-refractivity contribution >= 4 is 23.2 Å². The number of hydrogen-bond acceptors (Lipinski definition) is 3. The molecule has 1 aromatic rings. The summed E-state index contributed by atoms with van der Waals surface area (Å²) in [5.41, 5.74) is 0.570. The Labute approximate surface area is 92.6 Å². The molecule has 0 aliphatic carbocycles. The lowest BCUT2D eigenvalue weighted by Crippen LogP contribution is -2.17. The molecule has 0 unspecified atom stereocenters. The van der Waals surface area contributed by atoms with Crippen molar-refractivity contribution in [1.82, 2.24) is 4.98 Å². The molecule has 0 saturated heterocycles. The van der Waals surface area contributed by atoms with Gasteiger partial charge in [-0.1, -0.05) is 23.2 Å². The zero-order valence-electron chi connectivity index (χ0n) is 7.87. The number of rotatable bonds is 3. The quantitative estimate of drug-likeness (QED) is 0.876. The SMILES string of the molecule is CO[C@H](c1c(Cl)cncc1Cl)[C@@H](C)O. The molecule has 2 atom stereocenters. The maximum atomic E-state index is 9.45. The molecule has 1 rings (SSSR count). The molecule has 0 aliphatic heterocycles. The molecule has 0 spiro atoms. The highest BCUT2D eigenvalue weighted by Crippen LogP contribution is 2.32. The molecule has 0 amide bonds. The Morgan fingerprint density at radius 2 is 1.86 bits per heavy atom. The predicted octanol–water partition coefficient (Wildman–Crippen LogP) is 2.46. The van der Waals surface area contributed by atoms with Crippen LogP contribution in [0.3, 0.4) is 0 Å². The van der Waals surface area contributed by atoms with Gasteiger partial charge in [-0.05, 0) is 6.92 Å². The van der Waals surface area contributed by atoms with E-state index in [9.17, 15) is 5.11 Å². The largest absolute Gasteiger partial charge is 0.390 e. The van der Waals surface area contributed by atoms with Crippen molar-refractivity contribution < 1.29 is 9.84 Å². The van der Waals surface area contributed by atoms with Gasteiger partial charge in [0.1, 0.15) is 6.10 Å². The van der Waals surface area contributed by atoms with E-state index in [1.807, 2.05) is 0 Å². The first-order valence-corrected chi connectivity index (χ1v) is 4.83. The van der Waals surface area contributed by atoms with Crippen LogP contribution in [0.1, 0.15) is 18.6 Å². The van der Waals surface area contributed by atoms with Gasteiger partial charge < -0.3 is 9.84 Å². The summed E-state index contributed by atoms with van der Waals surface area (Å²) in [5, 5.41) is 10.2. The van der Waals surface area contributed by atoms with Crippen molar-refractivity contribution in [2.75, 3.05) is 7.11 Å². The lowest BCUT2D eigenvalue weighted by Gasteiger charge is -2.20. The van der Waals surface area contributed by atoms with Gasteiger partial charge >= 0.3 is 0 Å². The van der Waals surface area contributed by atoms with Gasteiger partial charge in [0.2, 0.25) is 0 Å². The van der Waals surface area contributed by atoms with Gasteiger partial charge in [-0.15, -0.1) is 0 Å². The fourth-order valence-corrected chi connectivity index (χ4v) is 1.83. The number of aliphatic hydroxyl groups is 1. The van der Waals surface area contributed by atoms with E-state index in [1.54, 1.807) is 6.92 Å². The smallest absolute Gasteiger partial charge is 0.111 e. The molecule has 0 radical (unpaired) electrons. The van der Waals surface area contributed by atoms with Crippen LogP contribution in [0.2, 0.25) is 10.0 Å². The molecular formula is C9H11Cl2NO2. The van der Waals surface area contributed by atoms with Crippen molar-refractivity contribution in [3.05, 3.63) is 28.0 Å². The average Bonchev–Trinajstić information content (AvgIpc) is 2.10. The maximum Gasteiger partial charge on any atom is 0.111 e. The molecule has 3 nitrogen and oxygen atoms in total. The first kappa shape index (κ1) is 11.7. The van der Waals surface area contributed by atoms with Gasteiger partial charge in [0, 0.05) is 25.1 Å². The van der Waals surface area contributed by atoms with Crippen molar-refractivity contribution in [3.63, 3.8) is 0 Å². The summed E-state index contributed by atoms with van der Waals surface area (Å²) in [5.74, 6) is 0. The predicted molar refractivity (Wildman–Crippen MR) is 55.7 cm³/mol. The van der Waals surface area contributed by atoms with Crippen LogP contribution in [-0.2, 0) is 4.74 Å². The number of aromatic nitrogens is 1. The first-order valence-electron chi connectivity index (χ1n) is 4.07. The van der Waals surface area contributed by atoms with Crippen LogP contribution >= 0.6 is 23.2 Å². The third-order valence-corrected chi connectivity index (χ3v) is 2.47. The van der Waals surface area contributed by atoms with Crippen molar-refractivity contribution in [2.24, 2.45) is 0 Å². The topological polar surface area (TPSA) is 42.4 Å². The molecule has 78 valence electrons. The van der Waals surface area contributed by atoms with Gasteiger partial charge in [-0.3, -0.25) is 4.98 Å². The Morgan fingerprint density at radius 1 is 1.36 bits per heavy atom. The second kappa shape index (κ2) is 4.94. The number of aliphatic hydroxyl groups excluding tert-OH is 1. The molecule has 0 bridgehead atoms. The number of hydrogen-bond donors (Lipinski definition) is 1. The van der Waals surface area contributed by atoms with Gasteiger partial charge in [0.25, 0.3) is 0 Å². The molecule has 0 fully saturated rings. The molecule has 1 aromatic heterocycles. The van der Waals surface area contributed by atoms with Gasteiger partial charge in [-0.2, -0.15) is 0 Å². The fraction of sp³-hybridized carbons (Fsp3) is 0.444. The molecule has 1 heterocycles. The number of pyridine rings is 1. The number of halogens is 2. The van der Waals surface area contributed by atoms with Crippen LogP contribution in [-0.4, -0.2) is 23.3 Å². The first-order chi connectivity index (χ1) is 6.57. The third-order valence-electron chi connectivity index (χ3n) is 1.87. The van der Waals surface area contributed by atoms with Crippen molar-refractivity contribution in [1.29, 1.82) is 0 Å². The van der Waals surface area contributed by atoms with E-state index in [-0.39, 0.29) is 0 Å². The summed E-state index contributed by atoms with van der Waals surface area (Å²) in [6.07, 6.45) is 1.73. The van der Waals surface area contributed by atoms with Crippen LogP contribution in [0.5, 0.6) is 0 Å². The van der Waals surface area contributed by atoms with Crippen LogP contribution in [0.4, 0.5) is 0 Å². The fourth-order valence-electron chi connectivity index (χ4n) is 1.25. The third kappa shape index (κ3) is 2.36. The standard InChI is InChI=1S/C9H11Cl2NO2/c1-5(13)9(14-2)8-6(10)3-12-4-7(8)11/h3-5,9,13H,1-2H3/t5-,9+/m1/s1. The summed E-state index contributed by atoms with van der Waals surface area (Å²) in [7, 11) is 1.49. The highest BCUT2D eigenvalue weighted by Gasteiger charge is 2.22. The zero-order valence-corrected chi connectivity index (χ0v) is 9.38. The van der Waals surface area contributed by atoms with Crippen LogP contribution in [0.15, 0.2) is 12.4 Å². The van der Waals surface area contributed by atoms with Gasteiger partial charge in [0.05, 0.1) is 16.1 Å². The monoisotopic (exact) mass is 235 g/mol. The number of nitrogens with zero attached hydrogens (tertiary/aromatic N) is 1. The van der Waals surface area contributed by atoms with Crippen LogP contribution in [0, 0.1) is 0 Å². The second-order valence-corrected chi connectivity index (χ2v) is 3.73. The highest BCUT2D eigenvalue weighted by molar-refractivity contribution is 6.35. The average molecular weight is 236 g/mol. The summed E-state index contributed by atoms with van der Waals surface area (Å²) >= 11 is 11.8. The van der Waals surface area contributed by atoms with Gasteiger partial charge in [0.15, 0.2) is 0 Å². The van der Waals surface area contributed by atoms with E-state index >= 15 is 0 Å². The Balaban J connectivity index is 3.15. The maximum absolute atomic E-state index is 9.45. The number of ether oxygens (including phenoxy) is 1. The van der Waals surface area contributed by atoms with E-state index in [0.29, 0.717) is 15.6 Å². The molecule has 14 heavy (non-hydrogen) atoms. The lowest BCUT2D eigenvalue weighted by atomic mass is 10.1. The minimum Gasteiger partial charge on any atom is -0.390 e. The Kier molecular flexibility index (Phi) is 4.13. The van der Waals surface area contributed by atoms with E-state index in [2.05, 4.69) is 4.98 Å². The zero-order chi connectivity index (χ0) is 10.7. The van der Waals surface area contributed by atoms with Crippen molar-refractivity contribution in [3.8, 4) is 0 Å². The van der Waals surface area contributed by atoms with Crippen LogP contribution in [0.25, 0.3) is 0 Å². The van der Waals surface area contributed by atoms with E-state index in [1.165, 1.54) is 19.5 Å². The molecule has 0 aliphatic rings. The number of methoxy groups -OCH3 is 1. The lowest BCUT2D eigenvalue weighted by molar-refractivity contribution is -0.00341. The minimum atomic E-state index is -0.683. The summed E-state index contributed by atoms with van der Waals surface area (Å²) in [6.45, 7) is 1.61.